The fraction of sp³-hybridized carbons (Fsp3) is 1.00. The molecule has 106 valence electrons. The summed E-state index contributed by atoms with van der Waals surface area (Å²) in [6, 6.07) is 0.504. The van der Waals surface area contributed by atoms with E-state index in [-0.39, 0.29) is 0 Å². The monoisotopic (exact) mass is 253 g/mol. The molecule has 3 heteroatoms. The topological polar surface area (TPSA) is 41.3 Å². The number of hydrogen-bond acceptors (Lipinski definition) is 3. The van der Waals surface area contributed by atoms with Gasteiger partial charge in [0.2, 0.25) is 0 Å². The summed E-state index contributed by atoms with van der Waals surface area (Å²) in [5.41, 5.74) is 3.57. The van der Waals surface area contributed by atoms with Crippen molar-refractivity contribution in [1.82, 2.24) is 10.3 Å². The predicted octanol–water partition coefficient (Wildman–Crippen LogP) is 2.81. The minimum atomic E-state index is 0.388. The van der Waals surface area contributed by atoms with Crippen molar-refractivity contribution in [2.45, 2.75) is 82.7 Å². The number of hydrazine groups is 1. The van der Waals surface area contributed by atoms with Crippen LogP contribution in [0, 0.1) is 0 Å². The molecular weight excluding hydrogens is 222 g/mol. The largest absolute Gasteiger partial charge is 0.296 e. The molecule has 1 atom stereocenters. The van der Waals surface area contributed by atoms with Gasteiger partial charge < -0.3 is 0 Å². The van der Waals surface area contributed by atoms with Gasteiger partial charge in [-0.15, -0.1) is 0 Å². The van der Waals surface area contributed by atoms with Crippen molar-refractivity contribution in [3.8, 4) is 0 Å². The lowest BCUT2D eigenvalue weighted by atomic mass is 9.83. The van der Waals surface area contributed by atoms with Crippen LogP contribution in [0.25, 0.3) is 0 Å². The highest BCUT2D eigenvalue weighted by molar-refractivity contribution is 5.04. The van der Waals surface area contributed by atoms with E-state index >= 15 is 0 Å². The van der Waals surface area contributed by atoms with Crippen molar-refractivity contribution in [3.63, 3.8) is 0 Å². The molecule has 1 aliphatic carbocycles. The Morgan fingerprint density at radius 3 is 2.33 bits per heavy atom. The zero-order valence-corrected chi connectivity index (χ0v) is 12.1. The molecule has 0 aromatic carbocycles. The van der Waals surface area contributed by atoms with E-state index in [4.69, 9.17) is 5.84 Å². The van der Waals surface area contributed by atoms with E-state index in [9.17, 15) is 0 Å². The van der Waals surface area contributed by atoms with Crippen LogP contribution >= 0.6 is 0 Å². The van der Waals surface area contributed by atoms with Crippen molar-refractivity contribution in [2.24, 2.45) is 5.84 Å². The standard InChI is InChI=1S/C15H31N3/c1-2-3-4-9-14(17-16)15(10-5-6-11-15)18-12-7-8-13-18/h14,17H,2-13,16H2,1H3. The molecule has 0 aromatic heterocycles. The first-order valence-corrected chi connectivity index (χ1v) is 8.04. The minimum Gasteiger partial charge on any atom is -0.296 e. The number of rotatable bonds is 7. The summed E-state index contributed by atoms with van der Waals surface area (Å²) in [5.74, 6) is 5.91. The Bertz CT molecular complexity index is 230. The van der Waals surface area contributed by atoms with E-state index in [2.05, 4.69) is 17.2 Å². The Labute approximate surface area is 112 Å². The number of nitrogens with two attached hydrogens (primary N) is 1. The number of nitrogens with one attached hydrogen (secondary N) is 1. The SMILES string of the molecule is CCCCCC(NN)C1(N2CCCC2)CCCC1. The van der Waals surface area contributed by atoms with E-state index in [1.165, 1.54) is 77.3 Å². The number of hydrogen-bond donors (Lipinski definition) is 2. The number of nitrogens with zero attached hydrogens (tertiary/aromatic N) is 1. The first-order chi connectivity index (χ1) is 8.83. The van der Waals surface area contributed by atoms with Crippen LogP contribution < -0.4 is 11.3 Å². The Morgan fingerprint density at radius 1 is 1.11 bits per heavy atom. The van der Waals surface area contributed by atoms with Gasteiger partial charge in [-0.2, -0.15) is 0 Å². The maximum Gasteiger partial charge on any atom is 0.0394 e. The van der Waals surface area contributed by atoms with E-state index in [0.29, 0.717) is 11.6 Å². The lowest BCUT2D eigenvalue weighted by Gasteiger charge is -2.45. The highest BCUT2D eigenvalue weighted by atomic mass is 15.3. The average Bonchev–Trinajstić information content (AvgIpc) is 3.05. The molecule has 0 aromatic rings. The molecule has 1 aliphatic heterocycles. The van der Waals surface area contributed by atoms with Gasteiger partial charge >= 0.3 is 0 Å². The second-order valence-electron chi connectivity index (χ2n) is 6.22. The van der Waals surface area contributed by atoms with Gasteiger partial charge in [0.1, 0.15) is 0 Å². The molecule has 3 nitrogen and oxygen atoms in total. The normalized spacial score (nSPS) is 25.7. The molecule has 2 fully saturated rings. The maximum atomic E-state index is 5.91. The third-order valence-corrected chi connectivity index (χ3v) is 5.15. The summed E-state index contributed by atoms with van der Waals surface area (Å²) in [5, 5.41) is 0. The van der Waals surface area contributed by atoms with Crippen LogP contribution in [-0.4, -0.2) is 29.6 Å². The van der Waals surface area contributed by atoms with Gasteiger partial charge in [-0.25, -0.2) is 0 Å². The van der Waals surface area contributed by atoms with E-state index < -0.39 is 0 Å². The van der Waals surface area contributed by atoms with Crippen LogP contribution in [0.1, 0.15) is 71.1 Å². The van der Waals surface area contributed by atoms with Crippen LogP contribution in [0.3, 0.4) is 0 Å². The second-order valence-corrected chi connectivity index (χ2v) is 6.22. The van der Waals surface area contributed by atoms with Crippen LogP contribution in [0.2, 0.25) is 0 Å². The molecule has 0 radical (unpaired) electrons. The molecule has 3 N–H and O–H groups in total. The van der Waals surface area contributed by atoms with Crippen LogP contribution in [-0.2, 0) is 0 Å². The number of unbranched alkanes of at least 4 members (excludes halogenated alkanes) is 2. The Hall–Kier alpha value is -0.120. The smallest absolute Gasteiger partial charge is 0.0394 e. The molecule has 0 spiro atoms. The van der Waals surface area contributed by atoms with Crippen molar-refractivity contribution in [3.05, 3.63) is 0 Å². The third-order valence-electron chi connectivity index (χ3n) is 5.15. The van der Waals surface area contributed by atoms with Gasteiger partial charge in [-0.3, -0.25) is 16.2 Å². The highest BCUT2D eigenvalue weighted by Gasteiger charge is 2.45. The predicted molar refractivity (Wildman–Crippen MR) is 77.3 cm³/mol. The maximum absolute atomic E-state index is 5.91. The first kappa shape index (κ1) is 14.3. The quantitative estimate of drug-likeness (QED) is 0.416. The first-order valence-electron chi connectivity index (χ1n) is 8.04. The summed E-state index contributed by atoms with van der Waals surface area (Å²) in [6.07, 6.45) is 13.5. The van der Waals surface area contributed by atoms with Gasteiger partial charge in [-0.1, -0.05) is 39.0 Å². The molecular formula is C15H31N3. The summed E-state index contributed by atoms with van der Waals surface area (Å²) in [4.78, 5) is 2.76. The van der Waals surface area contributed by atoms with Crippen LogP contribution in [0.4, 0.5) is 0 Å². The van der Waals surface area contributed by atoms with Crippen molar-refractivity contribution >= 4 is 0 Å². The summed E-state index contributed by atoms with van der Waals surface area (Å²) < 4.78 is 0. The van der Waals surface area contributed by atoms with Crippen molar-refractivity contribution in [2.75, 3.05) is 13.1 Å². The molecule has 1 unspecified atom stereocenters. The summed E-state index contributed by atoms with van der Waals surface area (Å²) in [6.45, 7) is 4.87. The summed E-state index contributed by atoms with van der Waals surface area (Å²) >= 11 is 0. The van der Waals surface area contributed by atoms with Crippen LogP contribution in [0.15, 0.2) is 0 Å². The third kappa shape index (κ3) is 2.89. The molecule has 0 bridgehead atoms. The second kappa shape index (κ2) is 6.88. The van der Waals surface area contributed by atoms with Gasteiger partial charge in [0, 0.05) is 11.6 Å². The Morgan fingerprint density at radius 2 is 1.78 bits per heavy atom. The molecule has 18 heavy (non-hydrogen) atoms. The van der Waals surface area contributed by atoms with E-state index in [0.717, 1.165) is 0 Å². The highest BCUT2D eigenvalue weighted by Crippen LogP contribution is 2.41. The summed E-state index contributed by atoms with van der Waals surface area (Å²) in [7, 11) is 0. The fourth-order valence-corrected chi connectivity index (χ4v) is 4.14. The van der Waals surface area contributed by atoms with Gasteiger partial charge in [0.15, 0.2) is 0 Å². The minimum absolute atomic E-state index is 0.388. The average molecular weight is 253 g/mol. The molecule has 1 heterocycles. The van der Waals surface area contributed by atoms with E-state index in [1.54, 1.807) is 0 Å². The lowest BCUT2D eigenvalue weighted by molar-refractivity contribution is 0.0718. The zero-order valence-electron chi connectivity index (χ0n) is 12.1. The molecule has 2 aliphatic rings. The fourth-order valence-electron chi connectivity index (χ4n) is 4.14. The molecule has 0 amide bonds. The van der Waals surface area contributed by atoms with Crippen LogP contribution in [0.5, 0.6) is 0 Å². The van der Waals surface area contributed by atoms with Crippen molar-refractivity contribution in [1.29, 1.82) is 0 Å². The molecule has 1 saturated carbocycles. The molecule has 1 saturated heterocycles. The van der Waals surface area contributed by atoms with Gasteiger partial charge in [-0.05, 0) is 45.2 Å². The Balaban J connectivity index is 2.01. The zero-order chi connectivity index (χ0) is 12.8. The van der Waals surface area contributed by atoms with Gasteiger partial charge in [0.05, 0.1) is 0 Å². The van der Waals surface area contributed by atoms with Crippen molar-refractivity contribution < 1.29 is 0 Å². The van der Waals surface area contributed by atoms with Gasteiger partial charge in [0.25, 0.3) is 0 Å². The lowest BCUT2D eigenvalue weighted by Crippen LogP contribution is -2.60. The van der Waals surface area contributed by atoms with E-state index in [1.807, 2.05) is 0 Å². The number of likely N-dealkylation sites (tertiary alicyclic amines) is 1. The Kier molecular flexibility index (Phi) is 5.46. The molecule has 2 rings (SSSR count).